The van der Waals surface area contributed by atoms with Crippen LogP contribution < -0.4 is 11.1 Å². The van der Waals surface area contributed by atoms with Crippen molar-refractivity contribution < 1.29 is 9.53 Å². The largest absolute Gasteiger partial charge is 0.468 e. The Morgan fingerprint density at radius 1 is 1.50 bits per heavy atom. The zero-order valence-corrected chi connectivity index (χ0v) is 9.38. The number of hydrogen-bond donors (Lipinski definition) is 2. The van der Waals surface area contributed by atoms with Gasteiger partial charge in [0.05, 0.1) is 7.11 Å². The smallest absolute Gasteiger partial charge is 0.322 e. The fourth-order valence-electron chi connectivity index (χ4n) is 1.25. The molecule has 4 heteroatoms. The first-order valence-corrected chi connectivity index (χ1v) is 5.13. The Hall–Kier alpha value is -0.610. The minimum absolute atomic E-state index is 0.185. The molecule has 14 heavy (non-hydrogen) atoms. The molecule has 0 aliphatic rings. The van der Waals surface area contributed by atoms with Crippen LogP contribution in [-0.4, -0.2) is 32.2 Å². The molecule has 0 aliphatic heterocycles. The van der Waals surface area contributed by atoms with Crippen LogP contribution >= 0.6 is 0 Å². The number of carbonyl (C=O) groups is 1. The van der Waals surface area contributed by atoms with E-state index in [0.717, 1.165) is 19.4 Å². The lowest BCUT2D eigenvalue weighted by molar-refractivity contribution is -0.143. The van der Waals surface area contributed by atoms with Gasteiger partial charge in [0.15, 0.2) is 0 Å². The Morgan fingerprint density at radius 3 is 2.57 bits per heavy atom. The Kier molecular flexibility index (Phi) is 7.42. The highest BCUT2D eigenvalue weighted by atomic mass is 16.5. The number of esters is 1. The zero-order chi connectivity index (χ0) is 11.0. The number of carbonyl (C=O) groups excluding carboxylic acids is 1. The molecular weight excluding hydrogens is 180 g/mol. The average Bonchev–Trinajstić information content (AvgIpc) is 2.15. The van der Waals surface area contributed by atoms with E-state index in [4.69, 9.17) is 10.5 Å². The van der Waals surface area contributed by atoms with Crippen LogP contribution in [0, 0.1) is 5.92 Å². The predicted octanol–water partition coefficient (Wildman–Crippen LogP) is 0.513. The van der Waals surface area contributed by atoms with Crippen molar-refractivity contribution >= 4 is 5.97 Å². The molecule has 84 valence electrons. The summed E-state index contributed by atoms with van der Waals surface area (Å²) in [5.41, 5.74) is 5.37. The molecule has 0 aromatic rings. The maximum Gasteiger partial charge on any atom is 0.322 e. The maximum absolute atomic E-state index is 11.3. The Labute approximate surface area is 86.2 Å². The van der Waals surface area contributed by atoms with E-state index in [1.54, 1.807) is 0 Å². The van der Waals surface area contributed by atoms with Crippen molar-refractivity contribution in [2.75, 3.05) is 20.2 Å². The quantitative estimate of drug-likeness (QED) is 0.466. The van der Waals surface area contributed by atoms with Crippen molar-refractivity contribution in [3.63, 3.8) is 0 Å². The lowest BCUT2D eigenvalue weighted by Gasteiger charge is -2.17. The second-order valence-corrected chi connectivity index (χ2v) is 3.80. The Bertz CT molecular complexity index is 160. The summed E-state index contributed by atoms with van der Waals surface area (Å²) in [7, 11) is 1.42. The highest BCUT2D eigenvalue weighted by molar-refractivity contribution is 5.75. The third kappa shape index (κ3) is 5.94. The highest BCUT2D eigenvalue weighted by Gasteiger charge is 2.18. The Balaban J connectivity index is 3.91. The van der Waals surface area contributed by atoms with E-state index < -0.39 is 0 Å². The molecule has 0 amide bonds. The van der Waals surface area contributed by atoms with E-state index in [9.17, 15) is 4.79 Å². The van der Waals surface area contributed by atoms with Gasteiger partial charge in [-0.25, -0.2) is 0 Å². The van der Waals surface area contributed by atoms with Gasteiger partial charge in [0.25, 0.3) is 0 Å². The van der Waals surface area contributed by atoms with E-state index >= 15 is 0 Å². The summed E-state index contributed by atoms with van der Waals surface area (Å²) in [6.07, 6.45) is 1.68. The maximum atomic E-state index is 11.3. The molecule has 0 aliphatic carbocycles. The van der Waals surface area contributed by atoms with E-state index in [2.05, 4.69) is 19.2 Å². The summed E-state index contributed by atoms with van der Waals surface area (Å²) in [5.74, 6) is 0.292. The number of methoxy groups -OCH3 is 1. The van der Waals surface area contributed by atoms with Gasteiger partial charge >= 0.3 is 5.97 Å². The normalized spacial score (nSPS) is 12.9. The topological polar surface area (TPSA) is 64.3 Å². The summed E-state index contributed by atoms with van der Waals surface area (Å²) >= 11 is 0. The number of nitrogens with two attached hydrogens (primary N) is 1. The lowest BCUT2D eigenvalue weighted by Crippen LogP contribution is -2.39. The fraction of sp³-hybridized carbons (Fsp3) is 0.900. The monoisotopic (exact) mass is 202 g/mol. The molecule has 4 nitrogen and oxygen atoms in total. The standard InChI is InChI=1S/C10H22N2O2/c1-8(2)7-9(10(13)14-3)12-6-4-5-11/h8-9,12H,4-7,11H2,1-3H3. The molecule has 0 heterocycles. The van der Waals surface area contributed by atoms with E-state index in [0.29, 0.717) is 12.5 Å². The van der Waals surface area contributed by atoms with Crippen LogP contribution in [0.2, 0.25) is 0 Å². The van der Waals surface area contributed by atoms with Crippen LogP contribution in [-0.2, 0) is 9.53 Å². The summed E-state index contributed by atoms with van der Waals surface area (Å²) in [6.45, 7) is 5.58. The van der Waals surface area contributed by atoms with Gasteiger partial charge in [0.2, 0.25) is 0 Å². The van der Waals surface area contributed by atoms with E-state index in [1.165, 1.54) is 7.11 Å². The van der Waals surface area contributed by atoms with Crippen molar-refractivity contribution in [1.29, 1.82) is 0 Å². The van der Waals surface area contributed by atoms with Gasteiger partial charge in [0, 0.05) is 0 Å². The van der Waals surface area contributed by atoms with Gasteiger partial charge in [0.1, 0.15) is 6.04 Å². The molecule has 0 bridgehead atoms. The lowest BCUT2D eigenvalue weighted by atomic mass is 10.0. The van der Waals surface area contributed by atoms with Crippen LogP contribution in [0.25, 0.3) is 0 Å². The molecule has 1 unspecified atom stereocenters. The molecule has 3 N–H and O–H groups in total. The first kappa shape index (κ1) is 13.4. The molecular formula is C10H22N2O2. The molecule has 0 saturated heterocycles. The van der Waals surface area contributed by atoms with Gasteiger partial charge in [-0.1, -0.05) is 13.8 Å². The van der Waals surface area contributed by atoms with Gasteiger partial charge in [-0.15, -0.1) is 0 Å². The van der Waals surface area contributed by atoms with Crippen molar-refractivity contribution in [3.8, 4) is 0 Å². The van der Waals surface area contributed by atoms with Crippen LogP contribution in [0.4, 0.5) is 0 Å². The average molecular weight is 202 g/mol. The van der Waals surface area contributed by atoms with Crippen molar-refractivity contribution in [2.45, 2.75) is 32.7 Å². The van der Waals surface area contributed by atoms with Gasteiger partial charge in [-0.05, 0) is 31.8 Å². The molecule has 0 aromatic carbocycles. The Morgan fingerprint density at radius 2 is 2.14 bits per heavy atom. The number of rotatable bonds is 7. The van der Waals surface area contributed by atoms with Gasteiger partial charge < -0.3 is 15.8 Å². The molecule has 0 spiro atoms. The molecule has 0 saturated carbocycles. The van der Waals surface area contributed by atoms with E-state index in [-0.39, 0.29) is 12.0 Å². The number of nitrogens with one attached hydrogen (secondary N) is 1. The highest BCUT2D eigenvalue weighted by Crippen LogP contribution is 2.05. The molecule has 0 radical (unpaired) electrons. The summed E-state index contributed by atoms with van der Waals surface area (Å²) in [6, 6.07) is -0.188. The second-order valence-electron chi connectivity index (χ2n) is 3.80. The van der Waals surface area contributed by atoms with Crippen LogP contribution in [0.1, 0.15) is 26.7 Å². The zero-order valence-electron chi connectivity index (χ0n) is 9.38. The summed E-state index contributed by atoms with van der Waals surface area (Å²) < 4.78 is 4.71. The fourth-order valence-corrected chi connectivity index (χ4v) is 1.25. The molecule has 0 fully saturated rings. The number of ether oxygens (including phenoxy) is 1. The van der Waals surface area contributed by atoms with Gasteiger partial charge in [-0.3, -0.25) is 4.79 Å². The van der Waals surface area contributed by atoms with Crippen molar-refractivity contribution in [1.82, 2.24) is 5.32 Å². The van der Waals surface area contributed by atoms with Gasteiger partial charge in [-0.2, -0.15) is 0 Å². The molecule has 1 atom stereocenters. The predicted molar refractivity (Wildman–Crippen MR) is 56.9 cm³/mol. The third-order valence-corrected chi connectivity index (χ3v) is 1.96. The van der Waals surface area contributed by atoms with Crippen LogP contribution in [0.15, 0.2) is 0 Å². The minimum Gasteiger partial charge on any atom is -0.468 e. The van der Waals surface area contributed by atoms with Crippen molar-refractivity contribution in [2.24, 2.45) is 11.7 Å². The van der Waals surface area contributed by atoms with Crippen LogP contribution in [0.5, 0.6) is 0 Å². The van der Waals surface area contributed by atoms with E-state index in [1.807, 2.05) is 0 Å². The van der Waals surface area contributed by atoms with Crippen LogP contribution in [0.3, 0.4) is 0 Å². The molecule has 0 aromatic heterocycles. The molecule has 0 rings (SSSR count). The van der Waals surface area contributed by atoms with Crippen molar-refractivity contribution in [3.05, 3.63) is 0 Å². The summed E-state index contributed by atoms with van der Waals surface area (Å²) in [4.78, 5) is 11.3. The first-order valence-electron chi connectivity index (χ1n) is 5.13. The summed E-state index contributed by atoms with van der Waals surface area (Å²) in [5, 5.41) is 3.15. The minimum atomic E-state index is -0.188. The third-order valence-electron chi connectivity index (χ3n) is 1.96. The first-order chi connectivity index (χ1) is 6.61. The number of hydrogen-bond acceptors (Lipinski definition) is 4. The SMILES string of the molecule is COC(=O)C(CC(C)C)NCCCN. The second kappa shape index (κ2) is 7.76.